The minimum atomic E-state index is 0.533. The summed E-state index contributed by atoms with van der Waals surface area (Å²) < 4.78 is 5.39. The van der Waals surface area contributed by atoms with Crippen LogP contribution >= 0.6 is 0 Å². The Kier molecular flexibility index (Phi) is 4.83. The van der Waals surface area contributed by atoms with E-state index >= 15 is 0 Å². The van der Waals surface area contributed by atoms with Crippen molar-refractivity contribution in [2.45, 2.75) is 69.9 Å². The minimum Gasteiger partial charge on any atom is -0.497 e. The molecule has 2 aromatic rings. The molecule has 0 amide bonds. The molecule has 0 atom stereocenters. The Labute approximate surface area is 167 Å². The lowest BCUT2D eigenvalue weighted by atomic mass is 9.96. The molecule has 0 radical (unpaired) electrons. The zero-order valence-corrected chi connectivity index (χ0v) is 16.8. The van der Waals surface area contributed by atoms with Crippen LogP contribution in [0, 0.1) is 0 Å². The highest BCUT2D eigenvalue weighted by atomic mass is 16.5. The molecule has 0 unspecified atom stereocenters. The summed E-state index contributed by atoms with van der Waals surface area (Å²) in [5.74, 6) is 3.50. The number of hydrogen-bond acceptors (Lipinski definition) is 5. The second-order valence-electron chi connectivity index (χ2n) is 8.53. The maximum absolute atomic E-state index is 5.39. The molecule has 0 spiro atoms. The Bertz CT molecular complexity index is 842. The van der Waals surface area contributed by atoms with E-state index in [0.717, 1.165) is 37.0 Å². The lowest BCUT2D eigenvalue weighted by molar-refractivity contribution is 0.413. The normalized spacial score (nSPS) is 20.0. The third-order valence-electron chi connectivity index (χ3n) is 6.42. The van der Waals surface area contributed by atoms with E-state index in [1.807, 2.05) is 0 Å². The van der Waals surface area contributed by atoms with Gasteiger partial charge in [0.05, 0.1) is 12.8 Å². The molecular formula is C23H30N4O. The van der Waals surface area contributed by atoms with Crippen LogP contribution in [0.1, 0.15) is 67.7 Å². The molecule has 5 rings (SSSR count). The summed E-state index contributed by atoms with van der Waals surface area (Å²) in [5, 5.41) is 3.65. The fourth-order valence-electron chi connectivity index (χ4n) is 4.55. The summed E-state index contributed by atoms with van der Waals surface area (Å²) in [6.07, 6.45) is 10.0. The van der Waals surface area contributed by atoms with Gasteiger partial charge in [-0.3, -0.25) is 0 Å². The lowest BCUT2D eigenvalue weighted by Gasteiger charge is -2.31. The molecule has 5 nitrogen and oxygen atoms in total. The molecule has 2 aliphatic carbocycles. The summed E-state index contributed by atoms with van der Waals surface area (Å²) in [7, 11) is 1.73. The van der Waals surface area contributed by atoms with Crippen LogP contribution in [0.4, 0.5) is 11.8 Å². The van der Waals surface area contributed by atoms with Gasteiger partial charge in [-0.25, -0.2) is 4.98 Å². The molecule has 0 saturated heterocycles. The van der Waals surface area contributed by atoms with Crippen molar-refractivity contribution in [3.63, 3.8) is 0 Å². The third kappa shape index (κ3) is 3.80. The van der Waals surface area contributed by atoms with Crippen molar-refractivity contribution < 1.29 is 4.74 Å². The Hall–Kier alpha value is -2.30. The highest BCUT2D eigenvalue weighted by Crippen LogP contribution is 2.40. The first-order valence-corrected chi connectivity index (χ1v) is 10.8. The highest BCUT2D eigenvalue weighted by Gasteiger charge is 2.28. The molecule has 1 aromatic carbocycles. The van der Waals surface area contributed by atoms with Crippen LogP contribution in [0.25, 0.3) is 0 Å². The molecule has 28 heavy (non-hydrogen) atoms. The molecule has 1 N–H and O–H groups in total. The van der Waals surface area contributed by atoms with Crippen molar-refractivity contribution in [1.82, 2.24) is 9.97 Å². The van der Waals surface area contributed by atoms with E-state index in [0.29, 0.717) is 12.0 Å². The van der Waals surface area contributed by atoms with E-state index in [2.05, 4.69) is 34.5 Å². The van der Waals surface area contributed by atoms with Crippen LogP contribution in [0.2, 0.25) is 0 Å². The fourth-order valence-corrected chi connectivity index (χ4v) is 4.55. The zero-order valence-electron chi connectivity index (χ0n) is 16.8. The number of nitrogens with zero attached hydrogens (tertiary/aromatic N) is 3. The first-order valence-electron chi connectivity index (χ1n) is 10.8. The van der Waals surface area contributed by atoms with Gasteiger partial charge in [0.1, 0.15) is 11.6 Å². The second-order valence-corrected chi connectivity index (χ2v) is 8.53. The predicted molar refractivity (Wildman–Crippen MR) is 112 cm³/mol. The monoisotopic (exact) mass is 378 g/mol. The molecule has 5 heteroatoms. The van der Waals surface area contributed by atoms with Gasteiger partial charge in [0.2, 0.25) is 5.95 Å². The van der Waals surface area contributed by atoms with Crippen LogP contribution in [-0.2, 0) is 13.0 Å². The first-order chi connectivity index (χ1) is 13.8. The molecular weight excluding hydrogens is 348 g/mol. The number of benzene rings is 1. The average molecular weight is 379 g/mol. The fraction of sp³-hybridized carbons (Fsp3) is 0.565. The van der Waals surface area contributed by atoms with Gasteiger partial charge in [0.25, 0.3) is 0 Å². The smallest absolute Gasteiger partial charge is 0.225 e. The van der Waals surface area contributed by atoms with Crippen molar-refractivity contribution in [1.29, 1.82) is 0 Å². The number of anilines is 2. The summed E-state index contributed by atoms with van der Waals surface area (Å²) in [5.41, 5.74) is 4.00. The predicted octanol–water partition coefficient (Wildman–Crippen LogP) is 4.67. The molecule has 2 heterocycles. The van der Waals surface area contributed by atoms with Crippen molar-refractivity contribution >= 4 is 11.8 Å². The van der Waals surface area contributed by atoms with Gasteiger partial charge in [0, 0.05) is 31.1 Å². The van der Waals surface area contributed by atoms with Crippen molar-refractivity contribution in [2.24, 2.45) is 0 Å². The summed E-state index contributed by atoms with van der Waals surface area (Å²) in [4.78, 5) is 12.2. The van der Waals surface area contributed by atoms with Crippen LogP contribution in [0.15, 0.2) is 24.3 Å². The van der Waals surface area contributed by atoms with E-state index in [1.54, 1.807) is 7.11 Å². The lowest BCUT2D eigenvalue weighted by Crippen LogP contribution is -2.32. The first kappa shape index (κ1) is 17.8. The number of nitrogens with one attached hydrogen (secondary N) is 1. The van der Waals surface area contributed by atoms with E-state index in [1.165, 1.54) is 61.8 Å². The van der Waals surface area contributed by atoms with Gasteiger partial charge in [-0.2, -0.15) is 4.98 Å². The Balaban J connectivity index is 1.39. The quantitative estimate of drug-likeness (QED) is 0.819. The van der Waals surface area contributed by atoms with E-state index in [-0.39, 0.29) is 0 Å². The Morgan fingerprint density at radius 2 is 1.86 bits per heavy atom. The minimum absolute atomic E-state index is 0.533. The van der Waals surface area contributed by atoms with Gasteiger partial charge in [-0.15, -0.1) is 0 Å². The third-order valence-corrected chi connectivity index (χ3v) is 6.42. The van der Waals surface area contributed by atoms with E-state index < -0.39 is 0 Å². The Morgan fingerprint density at radius 3 is 2.64 bits per heavy atom. The van der Waals surface area contributed by atoms with Crippen molar-refractivity contribution in [2.75, 3.05) is 23.9 Å². The molecule has 148 valence electrons. The number of methoxy groups -OCH3 is 1. The van der Waals surface area contributed by atoms with Crippen molar-refractivity contribution in [3.8, 4) is 5.75 Å². The van der Waals surface area contributed by atoms with Crippen LogP contribution in [0.5, 0.6) is 5.75 Å². The summed E-state index contributed by atoms with van der Waals surface area (Å²) >= 11 is 0. The van der Waals surface area contributed by atoms with E-state index in [9.17, 15) is 0 Å². The Morgan fingerprint density at radius 1 is 1.00 bits per heavy atom. The molecule has 2 fully saturated rings. The summed E-state index contributed by atoms with van der Waals surface area (Å²) in [6.45, 7) is 1.90. The molecule has 3 aliphatic rings. The topological polar surface area (TPSA) is 50.3 Å². The molecule has 1 aliphatic heterocycles. The standard InChI is InChI=1S/C23H30N4O/c1-28-20-10-9-18-15-27(12-11-17(18)13-20)22-14-21(16-7-8-16)25-23(26-22)24-19-5-3-2-4-6-19/h9-10,13-14,16,19H,2-8,11-12,15H2,1H3,(H,24,25,26). The van der Waals surface area contributed by atoms with E-state index in [4.69, 9.17) is 14.7 Å². The number of fused-ring (bicyclic) bond motifs is 1. The highest BCUT2D eigenvalue weighted by molar-refractivity contribution is 5.50. The van der Waals surface area contributed by atoms with Gasteiger partial charge in [0.15, 0.2) is 0 Å². The molecule has 0 bridgehead atoms. The van der Waals surface area contributed by atoms with Crippen LogP contribution < -0.4 is 15.0 Å². The number of aromatic nitrogens is 2. The van der Waals surface area contributed by atoms with Gasteiger partial charge in [-0.05, 0) is 55.4 Å². The molecule has 2 saturated carbocycles. The van der Waals surface area contributed by atoms with Crippen molar-refractivity contribution in [3.05, 3.63) is 41.1 Å². The maximum atomic E-state index is 5.39. The maximum Gasteiger partial charge on any atom is 0.225 e. The average Bonchev–Trinajstić information content (AvgIpc) is 3.59. The largest absolute Gasteiger partial charge is 0.497 e. The SMILES string of the molecule is COc1ccc2c(c1)CCN(c1cc(C3CC3)nc(NC3CCCCC3)n1)C2. The second kappa shape index (κ2) is 7.61. The number of rotatable bonds is 5. The van der Waals surface area contributed by atoms with Gasteiger partial charge in [-0.1, -0.05) is 25.3 Å². The van der Waals surface area contributed by atoms with Crippen LogP contribution in [0.3, 0.4) is 0 Å². The van der Waals surface area contributed by atoms with Crippen LogP contribution in [-0.4, -0.2) is 29.7 Å². The van der Waals surface area contributed by atoms with Gasteiger partial charge < -0.3 is 15.0 Å². The zero-order chi connectivity index (χ0) is 18.9. The molecule has 1 aromatic heterocycles. The number of hydrogen-bond donors (Lipinski definition) is 1. The number of ether oxygens (including phenoxy) is 1. The summed E-state index contributed by atoms with van der Waals surface area (Å²) in [6, 6.07) is 9.21. The van der Waals surface area contributed by atoms with Gasteiger partial charge >= 0.3 is 0 Å².